The van der Waals surface area contributed by atoms with Crippen LogP contribution in [0, 0.1) is 25.2 Å². The maximum atomic E-state index is 6.77. The molecule has 0 bridgehead atoms. The van der Waals surface area contributed by atoms with Gasteiger partial charge in [-0.25, -0.2) is 0 Å². The molecule has 0 spiro atoms. The number of rotatable bonds is 7. The summed E-state index contributed by atoms with van der Waals surface area (Å²) in [7, 11) is 0. The quantitative estimate of drug-likeness (QED) is 0.209. The summed E-state index contributed by atoms with van der Waals surface area (Å²) in [5.41, 5.74) is 12.5. The van der Waals surface area contributed by atoms with Gasteiger partial charge in [0.25, 0.3) is 0 Å². The Bertz CT molecular complexity index is 1740. The van der Waals surface area contributed by atoms with Crippen molar-refractivity contribution < 1.29 is 46.1 Å². The molecular weight excluding hydrogens is 725 g/mol. The number of benzene rings is 4. The number of allylic oxidation sites excluding steroid dienone is 4. The van der Waals surface area contributed by atoms with Crippen LogP contribution in [0.25, 0.3) is 11.1 Å². The average Bonchev–Trinajstić information content (AvgIpc) is 3.53. The van der Waals surface area contributed by atoms with Gasteiger partial charge in [0, 0.05) is 0 Å². The number of halogens is 4. The van der Waals surface area contributed by atoms with Crippen LogP contribution in [0.4, 0.5) is 0 Å². The zero-order valence-corrected chi connectivity index (χ0v) is 33.0. The first-order valence-electron chi connectivity index (χ1n) is 16.0. The Hall–Kier alpha value is -1.73. The van der Waals surface area contributed by atoms with E-state index < -0.39 is 21.3 Å². The molecule has 0 fully saturated rings. The molecule has 0 heterocycles. The van der Waals surface area contributed by atoms with E-state index in [9.17, 15) is 0 Å². The van der Waals surface area contributed by atoms with Crippen molar-refractivity contribution in [3.63, 3.8) is 0 Å². The van der Waals surface area contributed by atoms with Crippen molar-refractivity contribution in [2.24, 2.45) is 11.3 Å². The van der Waals surface area contributed by atoms with E-state index in [2.05, 4.69) is 126 Å². The smallest absolute Gasteiger partial charge is 1.00 e. The Labute approximate surface area is 306 Å². The van der Waals surface area contributed by atoms with Crippen molar-refractivity contribution in [1.29, 1.82) is 0 Å². The van der Waals surface area contributed by atoms with Gasteiger partial charge in [0.15, 0.2) is 0 Å². The fourth-order valence-electron chi connectivity index (χ4n) is 7.07. The van der Waals surface area contributed by atoms with Crippen molar-refractivity contribution in [2.45, 2.75) is 64.4 Å². The molecule has 0 aromatic heterocycles. The summed E-state index contributed by atoms with van der Waals surface area (Å²) in [6, 6.07) is 31.4. The summed E-state index contributed by atoms with van der Waals surface area (Å²) in [6.07, 6.45) is 8.90. The van der Waals surface area contributed by atoms with Crippen LogP contribution in [0.2, 0.25) is 10.0 Å². The van der Waals surface area contributed by atoms with E-state index in [-0.39, 0.29) is 30.2 Å². The predicted molar refractivity (Wildman–Crippen MR) is 188 cm³/mol. The van der Waals surface area contributed by atoms with E-state index in [0.29, 0.717) is 9.54 Å². The topological polar surface area (TPSA) is 0 Å². The van der Waals surface area contributed by atoms with Gasteiger partial charge in [-0.05, 0) is 0 Å². The standard InChI is InChI=1S/C15H13.C13H8Cl2.C13H21.2ClH.Zr/c1-10-3-5-14-12(7-10)9-13-8-11(2)4-6-15(13)14;14-12-5-1-3-10(8-12)7-11-4-2-6-13(15)9-11;1-5-6-7-11-8-9-12(10-11)13(2,3)4;;;/h3-9H,1-2H3;1-6,8-9H;9-11H,5-7H2,1-4H3;2*1H;/q;;;;;+2/p-2. The fourth-order valence-corrected chi connectivity index (χ4v) is 17.0. The third kappa shape index (κ3) is 7.46. The van der Waals surface area contributed by atoms with Crippen molar-refractivity contribution in [3.05, 3.63) is 149 Å². The fraction of sp³-hybridized carbons (Fsp3) is 0.293. The maximum absolute atomic E-state index is 6.77. The van der Waals surface area contributed by atoms with E-state index in [4.69, 9.17) is 23.2 Å². The number of aryl methyl sites for hydroxylation is 2. The molecule has 6 rings (SSSR count). The van der Waals surface area contributed by atoms with Crippen LogP contribution in [0.3, 0.4) is 0 Å². The first-order valence-corrected chi connectivity index (χ1v) is 20.6. The van der Waals surface area contributed by atoms with Crippen molar-refractivity contribution >= 4 is 26.4 Å². The van der Waals surface area contributed by atoms with Crippen LogP contribution in [-0.2, 0) is 21.3 Å². The minimum absolute atomic E-state index is 0. The van der Waals surface area contributed by atoms with E-state index in [1.165, 1.54) is 72.5 Å². The Morgan fingerprint density at radius 3 is 1.72 bits per heavy atom. The normalized spacial score (nSPS) is 15.1. The molecule has 0 saturated carbocycles. The largest absolute Gasteiger partial charge is 1.00 e. The van der Waals surface area contributed by atoms with Gasteiger partial charge in [0.05, 0.1) is 0 Å². The van der Waals surface area contributed by atoms with Crippen molar-refractivity contribution in [2.75, 3.05) is 0 Å². The summed E-state index contributed by atoms with van der Waals surface area (Å²) in [5.74, 6) is 0.453. The molecule has 4 aromatic carbocycles. The third-order valence-electron chi connectivity index (χ3n) is 9.25. The van der Waals surface area contributed by atoms with Crippen LogP contribution in [0.5, 0.6) is 0 Å². The minimum Gasteiger partial charge on any atom is -1.00 e. The van der Waals surface area contributed by atoms with Crippen LogP contribution in [-0.4, -0.2) is 3.21 Å². The Balaban J connectivity index is 0.00000240. The summed E-state index contributed by atoms with van der Waals surface area (Å²) < 4.78 is 3.53. The molecule has 1 atom stereocenters. The number of fused-ring (bicyclic) bond motifs is 3. The van der Waals surface area contributed by atoms with Gasteiger partial charge in [0.2, 0.25) is 0 Å². The third-order valence-corrected chi connectivity index (χ3v) is 18.2. The summed E-state index contributed by atoms with van der Waals surface area (Å²) >= 11 is 10.6. The summed E-state index contributed by atoms with van der Waals surface area (Å²) in [5, 5.41) is 1.56. The van der Waals surface area contributed by atoms with E-state index >= 15 is 0 Å². The number of unbranched alkanes of at least 4 members (excludes halogenated alkanes) is 1. The molecular formula is C41H42Cl4Zr. The molecule has 0 N–H and O–H groups in total. The van der Waals surface area contributed by atoms with Gasteiger partial charge in [-0.2, -0.15) is 0 Å². The molecule has 5 heteroatoms. The minimum atomic E-state index is -2.96. The summed E-state index contributed by atoms with van der Waals surface area (Å²) in [6.45, 7) is 13.9. The molecule has 0 nitrogen and oxygen atoms in total. The molecule has 1 unspecified atom stereocenters. The molecule has 46 heavy (non-hydrogen) atoms. The average molecular weight is 768 g/mol. The number of hydrogen-bond donors (Lipinski definition) is 0. The molecule has 238 valence electrons. The SMILES string of the molecule is CCCCC1C=C(C(C)(C)C)C=[C]1[Zr+2](=[C](c1cccc(Cl)c1)c1cccc(Cl)c1)[CH]1c2cc(C)ccc2-c2ccc(C)cc21.[Cl-].[Cl-]. The van der Waals surface area contributed by atoms with E-state index in [0.717, 1.165) is 10.0 Å². The molecule has 0 saturated heterocycles. The maximum Gasteiger partial charge on any atom is -1.00 e. The zero-order valence-electron chi connectivity index (χ0n) is 27.5. The number of hydrogen-bond acceptors (Lipinski definition) is 0. The zero-order chi connectivity index (χ0) is 31.2. The first-order chi connectivity index (χ1) is 21.0. The summed E-state index contributed by atoms with van der Waals surface area (Å²) in [4.78, 5) is 0. The van der Waals surface area contributed by atoms with Crippen molar-refractivity contribution in [3.8, 4) is 11.1 Å². The molecule has 0 aliphatic heterocycles. The van der Waals surface area contributed by atoms with Crippen LogP contribution < -0.4 is 24.8 Å². The predicted octanol–water partition coefficient (Wildman–Crippen LogP) is 6.25. The van der Waals surface area contributed by atoms with Crippen LogP contribution in [0.1, 0.15) is 84.0 Å². The molecule has 2 aliphatic carbocycles. The second-order valence-corrected chi connectivity index (χ2v) is 20.6. The van der Waals surface area contributed by atoms with E-state index in [1.54, 1.807) is 3.28 Å². The monoisotopic (exact) mass is 764 g/mol. The Kier molecular flexibility index (Phi) is 12.3. The first kappa shape index (κ1) is 37.1. The van der Waals surface area contributed by atoms with Gasteiger partial charge < -0.3 is 24.8 Å². The Morgan fingerprint density at radius 2 is 1.26 bits per heavy atom. The second-order valence-electron chi connectivity index (χ2n) is 13.6. The van der Waals surface area contributed by atoms with Crippen LogP contribution in [0.15, 0.2) is 106 Å². The van der Waals surface area contributed by atoms with Gasteiger partial charge in [0.1, 0.15) is 0 Å². The van der Waals surface area contributed by atoms with Gasteiger partial charge in [-0.15, -0.1) is 0 Å². The van der Waals surface area contributed by atoms with Gasteiger partial charge in [-0.1, -0.05) is 0 Å². The molecule has 0 radical (unpaired) electrons. The van der Waals surface area contributed by atoms with Gasteiger partial charge in [-0.3, -0.25) is 0 Å². The molecule has 2 aliphatic rings. The Morgan fingerprint density at radius 1 is 0.739 bits per heavy atom. The second kappa shape index (κ2) is 15.2. The van der Waals surface area contributed by atoms with E-state index in [1.807, 2.05) is 12.1 Å². The van der Waals surface area contributed by atoms with Gasteiger partial charge >= 0.3 is 284 Å². The van der Waals surface area contributed by atoms with Crippen LogP contribution >= 0.6 is 23.2 Å². The molecule has 0 amide bonds. The van der Waals surface area contributed by atoms with Crippen molar-refractivity contribution in [1.82, 2.24) is 0 Å². The molecule has 4 aromatic rings.